The van der Waals surface area contributed by atoms with Crippen LogP contribution in [0.2, 0.25) is 5.02 Å². The summed E-state index contributed by atoms with van der Waals surface area (Å²) < 4.78 is 45.6. The number of benzene rings is 1. The van der Waals surface area contributed by atoms with E-state index in [-0.39, 0.29) is 122 Å². The van der Waals surface area contributed by atoms with E-state index < -0.39 is 88.6 Å². The van der Waals surface area contributed by atoms with Crippen LogP contribution in [-0.2, 0) is 87.5 Å². The number of aryl methyl sites for hydroxylation is 1. The third-order valence-corrected chi connectivity index (χ3v) is 16.5. The van der Waals surface area contributed by atoms with Crippen LogP contribution >= 0.6 is 23.4 Å². The van der Waals surface area contributed by atoms with E-state index in [4.69, 9.17) is 54.3 Å². The lowest BCUT2D eigenvalue weighted by molar-refractivity contribution is -0.198. The molecule has 82 heavy (non-hydrogen) atoms. The first-order chi connectivity index (χ1) is 39.0. The molecule has 26 heteroatoms. The van der Waals surface area contributed by atoms with Crippen molar-refractivity contribution in [3.63, 3.8) is 0 Å². The van der Waals surface area contributed by atoms with Crippen LogP contribution in [0.15, 0.2) is 35.9 Å². The fraction of sp³-hybridized carbons (Fsp3) is 0.661. The molecule has 2 unspecified atom stereocenters. The van der Waals surface area contributed by atoms with Crippen molar-refractivity contribution in [2.24, 2.45) is 11.8 Å². The van der Waals surface area contributed by atoms with Gasteiger partial charge in [0, 0.05) is 70.7 Å². The molecular weight excluding hydrogens is 1110 g/mol. The zero-order chi connectivity index (χ0) is 59.7. The number of carbonyl (C=O) groups excluding carboxylic acids is 9. The minimum absolute atomic E-state index is 0.0118. The van der Waals surface area contributed by atoms with Gasteiger partial charge in [-0.25, -0.2) is 14.4 Å². The highest BCUT2D eigenvalue weighted by molar-refractivity contribution is 8.00. The summed E-state index contributed by atoms with van der Waals surface area (Å²) in [5.41, 5.74) is 0.305. The van der Waals surface area contributed by atoms with Gasteiger partial charge in [0.25, 0.3) is 11.8 Å². The van der Waals surface area contributed by atoms with Crippen molar-refractivity contribution in [3.8, 4) is 0 Å². The Morgan fingerprint density at radius 2 is 1.55 bits per heavy atom. The van der Waals surface area contributed by atoms with E-state index in [0.717, 1.165) is 21.6 Å². The van der Waals surface area contributed by atoms with Gasteiger partial charge in [-0.1, -0.05) is 55.3 Å². The third kappa shape index (κ3) is 18.5. The maximum absolute atomic E-state index is 14.2. The molecule has 7 amide bonds. The highest BCUT2D eigenvalue weighted by atomic mass is 35.5. The van der Waals surface area contributed by atoms with Crippen LogP contribution < -0.4 is 15.5 Å². The number of halogens is 1. The minimum Gasteiger partial charge on any atom is -0.457 e. The number of anilines is 1. The number of rotatable bonds is 27. The number of hydroxylamine groups is 2. The lowest BCUT2D eigenvalue weighted by Crippen LogP contribution is -2.60. The summed E-state index contributed by atoms with van der Waals surface area (Å²) in [6.45, 7) is 12.8. The molecule has 5 aliphatic heterocycles. The SMILES string of the molecule is C/C1=C\C=C\[C@@H](C)[C@@]2(O)CC(OC(=O)N2)[C@@H](C)[C@@H]2O[C@@]2(C)[C@@H](OC(=O)[C@H](C)OCCCSC2CC(=O)N(CCC(=O)NCCOCCOCCOCCOCCC(=O)ON3C(=O)CCC3=O)C2=O)CC(=O)N(C)c2cc(cc(C)c2Cl)C1. The smallest absolute Gasteiger partial charge is 0.409 e. The van der Waals surface area contributed by atoms with Crippen molar-refractivity contribution in [2.45, 2.75) is 140 Å². The van der Waals surface area contributed by atoms with Gasteiger partial charge in [-0.05, 0) is 63.5 Å². The number of carbonyl (C=O) groups is 9. The van der Waals surface area contributed by atoms with E-state index in [1.54, 1.807) is 20.9 Å². The van der Waals surface area contributed by atoms with Crippen molar-refractivity contribution < 1.29 is 91.0 Å². The van der Waals surface area contributed by atoms with Crippen LogP contribution in [0.25, 0.3) is 0 Å². The molecular formula is C56H78ClN5O19S. The first kappa shape index (κ1) is 65.6. The lowest BCUT2D eigenvalue weighted by atomic mass is 9.82. The van der Waals surface area contributed by atoms with Gasteiger partial charge in [0.05, 0.1) is 87.8 Å². The van der Waals surface area contributed by atoms with Crippen LogP contribution in [-0.4, -0.2) is 195 Å². The van der Waals surface area contributed by atoms with Gasteiger partial charge in [-0.2, -0.15) is 0 Å². The molecule has 1 aromatic rings. The van der Waals surface area contributed by atoms with Gasteiger partial charge in [-0.15, -0.1) is 16.8 Å². The number of imide groups is 2. The number of hydrogen-bond donors (Lipinski definition) is 3. The van der Waals surface area contributed by atoms with Gasteiger partial charge in [0.15, 0.2) is 6.10 Å². The van der Waals surface area contributed by atoms with Gasteiger partial charge >= 0.3 is 18.0 Å². The Kier molecular flexibility index (Phi) is 24.7. The summed E-state index contributed by atoms with van der Waals surface area (Å²) in [6, 6.07) is 3.81. The third-order valence-electron chi connectivity index (χ3n) is 14.8. The van der Waals surface area contributed by atoms with Gasteiger partial charge in [0.2, 0.25) is 23.6 Å². The number of nitrogens with zero attached hydrogens (tertiary/aromatic N) is 3. The predicted molar refractivity (Wildman–Crippen MR) is 296 cm³/mol. The van der Waals surface area contributed by atoms with E-state index in [1.165, 1.54) is 23.6 Å². The van der Waals surface area contributed by atoms with E-state index in [2.05, 4.69) is 10.6 Å². The number of alkyl carbamates (subject to hydrolysis) is 1. The second-order valence-corrected chi connectivity index (χ2v) is 22.8. The number of amides is 7. The second-order valence-electron chi connectivity index (χ2n) is 21.1. The molecule has 4 fully saturated rings. The molecule has 5 heterocycles. The Morgan fingerprint density at radius 3 is 2.23 bits per heavy atom. The summed E-state index contributed by atoms with van der Waals surface area (Å²) in [5.74, 6) is -4.68. The van der Waals surface area contributed by atoms with E-state index in [0.29, 0.717) is 47.6 Å². The van der Waals surface area contributed by atoms with E-state index >= 15 is 0 Å². The van der Waals surface area contributed by atoms with Gasteiger partial charge < -0.3 is 58.1 Å². The van der Waals surface area contributed by atoms with E-state index in [1.807, 2.05) is 51.1 Å². The molecule has 5 aliphatic rings. The first-order valence-corrected chi connectivity index (χ1v) is 29.1. The molecule has 454 valence electrons. The van der Waals surface area contributed by atoms with Crippen molar-refractivity contribution in [2.75, 3.05) is 90.3 Å². The molecule has 6 rings (SSSR count). The maximum Gasteiger partial charge on any atom is 0.409 e. The molecule has 4 saturated heterocycles. The van der Waals surface area contributed by atoms with Crippen molar-refractivity contribution in [1.29, 1.82) is 0 Å². The largest absolute Gasteiger partial charge is 0.457 e. The molecule has 0 aliphatic carbocycles. The molecule has 3 N–H and O–H groups in total. The van der Waals surface area contributed by atoms with Crippen LogP contribution in [0.3, 0.4) is 0 Å². The summed E-state index contributed by atoms with van der Waals surface area (Å²) >= 11 is 8.10. The quantitative estimate of drug-likeness (QED) is 0.0488. The molecule has 0 saturated carbocycles. The number of aliphatic hydroxyl groups is 1. The molecule has 0 radical (unpaired) electrons. The number of ether oxygens (including phenoxy) is 8. The normalized spacial score (nSPS) is 27.3. The highest BCUT2D eigenvalue weighted by Gasteiger charge is 2.64. The number of allylic oxidation sites excluding steroid dienone is 3. The fourth-order valence-electron chi connectivity index (χ4n) is 9.70. The summed E-state index contributed by atoms with van der Waals surface area (Å²) in [4.78, 5) is 122. The molecule has 0 aromatic heterocycles. The highest BCUT2D eigenvalue weighted by Crippen LogP contribution is 2.49. The maximum atomic E-state index is 14.2. The molecule has 4 bridgehead atoms. The number of thioether (sulfide) groups is 1. The average molecular weight is 1190 g/mol. The number of esters is 1. The predicted octanol–water partition coefficient (Wildman–Crippen LogP) is 3.81. The minimum atomic E-state index is -1.64. The Balaban J connectivity index is 0.867. The Labute approximate surface area is 486 Å². The van der Waals surface area contributed by atoms with Gasteiger partial charge in [0.1, 0.15) is 23.5 Å². The van der Waals surface area contributed by atoms with Crippen LogP contribution in [0.4, 0.5) is 10.5 Å². The molecule has 0 spiro atoms. The zero-order valence-electron chi connectivity index (χ0n) is 47.7. The topological polar surface area (TPSA) is 294 Å². The van der Waals surface area contributed by atoms with E-state index in [9.17, 15) is 48.3 Å². The standard InChI is InChI=1S/C56H78ClN5O19S/c1-34-10-8-11-36(3)56(72)33-41(78-54(71)59-56)37(4)51-55(6,80-51)43(32-47(66)60(7)40-30-39(28-34)29-35(2)50(40)57)79-53(70)38(5)77-18-9-27-82-42-31-48(67)61(52(42)69)17-14-44(63)58-16-20-74-22-24-76-26-25-75-23-21-73-19-15-49(68)81-62-45(64)12-13-46(62)65/h8,10-11,29-30,36-38,41-43,51,72H,9,12-28,31-33H2,1-7H3,(H,58,63)(H,59,71)/b11-8+,34-10+/t36-,37-,38+,41?,42?,43+,51+,55+,56+/m1/s1. The Morgan fingerprint density at radius 1 is 0.890 bits per heavy atom. The first-order valence-electron chi connectivity index (χ1n) is 27.7. The Bertz CT molecular complexity index is 2540. The zero-order valence-corrected chi connectivity index (χ0v) is 49.3. The van der Waals surface area contributed by atoms with Gasteiger partial charge in [-0.3, -0.25) is 39.0 Å². The number of nitrogens with one attached hydrogen (secondary N) is 2. The lowest BCUT2D eigenvalue weighted by Gasteiger charge is -2.41. The fourth-order valence-corrected chi connectivity index (χ4v) is 11.0. The monoisotopic (exact) mass is 1190 g/mol. The van der Waals surface area contributed by atoms with Crippen molar-refractivity contribution in [1.82, 2.24) is 20.6 Å². The Hall–Kier alpha value is -5.51. The number of epoxide rings is 1. The molecule has 9 atom stereocenters. The van der Waals surface area contributed by atoms with Crippen molar-refractivity contribution in [3.05, 3.63) is 52.1 Å². The van der Waals surface area contributed by atoms with Crippen LogP contribution in [0, 0.1) is 18.8 Å². The molecule has 24 nitrogen and oxygen atoms in total. The molecule has 1 aromatic carbocycles. The second kappa shape index (κ2) is 30.9. The van der Waals surface area contributed by atoms with Crippen LogP contribution in [0.5, 0.6) is 0 Å². The van der Waals surface area contributed by atoms with Crippen LogP contribution in [0.1, 0.15) is 97.1 Å². The summed E-state index contributed by atoms with van der Waals surface area (Å²) in [7, 11) is 1.61. The number of likely N-dealkylation sites (tertiary alicyclic amines) is 1. The number of fused-ring (bicyclic) bond motifs is 5. The number of hydrogen-bond acceptors (Lipinski definition) is 20. The summed E-state index contributed by atoms with van der Waals surface area (Å²) in [6.07, 6.45) is 1.67. The summed E-state index contributed by atoms with van der Waals surface area (Å²) in [5, 5.41) is 17.3. The van der Waals surface area contributed by atoms with Crippen molar-refractivity contribution >= 4 is 82.5 Å². The average Bonchev–Trinajstić information content (AvgIpc) is 2.09.